The predicted molar refractivity (Wildman–Crippen MR) is 233 cm³/mol. The largest absolute Gasteiger partial charge is 0.462 e. The molecule has 312 valence electrons. The Labute approximate surface area is 337 Å². The number of hydrogen-bond acceptors (Lipinski definition) is 6. The van der Waals surface area contributed by atoms with Crippen LogP contribution in [0.1, 0.15) is 188 Å². The van der Waals surface area contributed by atoms with Crippen molar-refractivity contribution in [3.63, 3.8) is 0 Å². The van der Waals surface area contributed by atoms with Crippen molar-refractivity contribution in [2.75, 3.05) is 13.2 Å². The molecule has 0 aromatic rings. The molecular weight excluding hydrogens is 685 g/mol. The van der Waals surface area contributed by atoms with E-state index >= 15 is 0 Å². The van der Waals surface area contributed by atoms with Crippen LogP contribution in [-0.2, 0) is 28.6 Å². The van der Waals surface area contributed by atoms with Gasteiger partial charge in [0.15, 0.2) is 6.10 Å². The molecule has 1 unspecified atom stereocenters. The van der Waals surface area contributed by atoms with Gasteiger partial charge in [0.2, 0.25) is 0 Å². The summed E-state index contributed by atoms with van der Waals surface area (Å²) < 4.78 is 16.6. The van der Waals surface area contributed by atoms with Crippen molar-refractivity contribution in [3.05, 3.63) is 85.1 Å². The number of carbonyl (C=O) groups excluding carboxylic acids is 3. The normalized spacial score (nSPS) is 12.9. The minimum absolute atomic E-state index is 0.106. The molecule has 0 fully saturated rings. The average molecular weight is 765 g/mol. The predicted octanol–water partition coefficient (Wildman–Crippen LogP) is 14.1. The minimum atomic E-state index is -0.809. The van der Waals surface area contributed by atoms with Crippen molar-refractivity contribution >= 4 is 17.9 Å². The first-order valence-electron chi connectivity index (χ1n) is 22.1. The molecule has 0 aromatic heterocycles. The van der Waals surface area contributed by atoms with Crippen molar-refractivity contribution in [1.29, 1.82) is 0 Å². The van der Waals surface area contributed by atoms with Crippen LogP contribution in [0.25, 0.3) is 0 Å². The molecule has 0 amide bonds. The van der Waals surface area contributed by atoms with Crippen LogP contribution < -0.4 is 0 Å². The van der Waals surface area contributed by atoms with Gasteiger partial charge < -0.3 is 14.2 Å². The maximum absolute atomic E-state index is 12.7. The third kappa shape index (κ3) is 41.6. The van der Waals surface area contributed by atoms with E-state index in [0.717, 1.165) is 77.0 Å². The zero-order valence-corrected chi connectivity index (χ0v) is 35.4. The molecule has 0 aliphatic rings. The molecule has 6 heteroatoms. The van der Waals surface area contributed by atoms with E-state index in [2.05, 4.69) is 69.4 Å². The highest BCUT2D eigenvalue weighted by molar-refractivity contribution is 5.71. The van der Waals surface area contributed by atoms with Gasteiger partial charge in [0, 0.05) is 19.3 Å². The lowest BCUT2D eigenvalue weighted by Crippen LogP contribution is -2.30. The van der Waals surface area contributed by atoms with Crippen LogP contribution in [0.3, 0.4) is 0 Å². The van der Waals surface area contributed by atoms with Crippen LogP contribution in [0.15, 0.2) is 85.1 Å². The molecule has 0 bridgehead atoms. The number of allylic oxidation sites excluding steroid dienone is 14. The van der Waals surface area contributed by atoms with E-state index in [0.29, 0.717) is 19.3 Å². The van der Waals surface area contributed by atoms with Crippen LogP contribution in [0.5, 0.6) is 0 Å². The zero-order valence-electron chi connectivity index (χ0n) is 35.4. The Morgan fingerprint density at radius 2 is 0.800 bits per heavy atom. The maximum Gasteiger partial charge on any atom is 0.306 e. The van der Waals surface area contributed by atoms with Gasteiger partial charge in [-0.1, -0.05) is 164 Å². The summed E-state index contributed by atoms with van der Waals surface area (Å²) in [4.78, 5) is 37.6. The highest BCUT2D eigenvalue weighted by Crippen LogP contribution is 2.12. The number of esters is 3. The lowest BCUT2D eigenvalue weighted by atomic mass is 10.1. The molecule has 0 spiro atoms. The molecular formula is C49H80O6. The fraction of sp³-hybridized carbons (Fsp3) is 0.653. The Hall–Kier alpha value is -3.41. The Bertz CT molecular complexity index is 1110. The molecule has 0 aliphatic heterocycles. The van der Waals surface area contributed by atoms with E-state index in [-0.39, 0.29) is 37.5 Å². The van der Waals surface area contributed by atoms with Crippen molar-refractivity contribution in [1.82, 2.24) is 0 Å². The summed E-state index contributed by atoms with van der Waals surface area (Å²) >= 11 is 0. The third-order valence-corrected chi connectivity index (χ3v) is 8.96. The second-order valence-electron chi connectivity index (χ2n) is 14.3. The summed E-state index contributed by atoms with van der Waals surface area (Å²) in [5.41, 5.74) is 0. The van der Waals surface area contributed by atoms with Gasteiger partial charge in [-0.2, -0.15) is 0 Å². The summed E-state index contributed by atoms with van der Waals surface area (Å²) in [6.45, 7) is 6.26. The van der Waals surface area contributed by atoms with Crippen molar-refractivity contribution in [2.24, 2.45) is 0 Å². The first-order valence-corrected chi connectivity index (χ1v) is 22.1. The molecule has 6 nitrogen and oxygen atoms in total. The summed E-state index contributed by atoms with van der Waals surface area (Å²) in [7, 11) is 0. The van der Waals surface area contributed by atoms with Gasteiger partial charge in [-0.15, -0.1) is 0 Å². The van der Waals surface area contributed by atoms with E-state index in [1.54, 1.807) is 0 Å². The molecule has 0 saturated heterocycles. The van der Waals surface area contributed by atoms with E-state index in [9.17, 15) is 14.4 Å². The monoisotopic (exact) mass is 765 g/mol. The summed E-state index contributed by atoms with van der Waals surface area (Å²) in [5, 5.41) is 0. The van der Waals surface area contributed by atoms with Crippen LogP contribution in [0, 0.1) is 0 Å². The number of carbonyl (C=O) groups is 3. The number of hydrogen-bond donors (Lipinski definition) is 0. The van der Waals surface area contributed by atoms with Gasteiger partial charge in [0.1, 0.15) is 13.2 Å². The Balaban J connectivity index is 4.46. The number of rotatable bonds is 38. The van der Waals surface area contributed by atoms with E-state index in [1.165, 1.54) is 64.2 Å². The highest BCUT2D eigenvalue weighted by atomic mass is 16.6. The number of ether oxygens (including phenoxy) is 3. The first-order chi connectivity index (χ1) is 27.0. The van der Waals surface area contributed by atoms with Crippen LogP contribution in [-0.4, -0.2) is 37.2 Å². The fourth-order valence-electron chi connectivity index (χ4n) is 5.66. The molecule has 55 heavy (non-hydrogen) atoms. The molecule has 0 saturated carbocycles. The van der Waals surface area contributed by atoms with Crippen molar-refractivity contribution in [3.8, 4) is 0 Å². The van der Waals surface area contributed by atoms with Crippen molar-refractivity contribution < 1.29 is 28.6 Å². The smallest absolute Gasteiger partial charge is 0.306 e. The number of unbranched alkanes of at least 4 members (excludes halogenated alkanes) is 16. The van der Waals surface area contributed by atoms with E-state index in [1.807, 2.05) is 36.5 Å². The second-order valence-corrected chi connectivity index (χ2v) is 14.3. The Kier molecular flexibility index (Phi) is 40.6. The maximum atomic E-state index is 12.7. The summed E-state index contributed by atoms with van der Waals surface area (Å²) in [6, 6.07) is 0. The molecule has 0 heterocycles. The highest BCUT2D eigenvalue weighted by Gasteiger charge is 2.19. The van der Waals surface area contributed by atoms with Crippen LogP contribution in [0.2, 0.25) is 0 Å². The second kappa shape index (κ2) is 43.3. The van der Waals surface area contributed by atoms with Crippen LogP contribution >= 0.6 is 0 Å². The van der Waals surface area contributed by atoms with E-state index in [4.69, 9.17) is 14.2 Å². The van der Waals surface area contributed by atoms with Gasteiger partial charge in [-0.05, 0) is 89.9 Å². The Morgan fingerprint density at radius 3 is 1.38 bits per heavy atom. The topological polar surface area (TPSA) is 78.9 Å². The lowest BCUT2D eigenvalue weighted by molar-refractivity contribution is -0.167. The Morgan fingerprint density at radius 1 is 0.400 bits per heavy atom. The van der Waals surface area contributed by atoms with Gasteiger partial charge in [-0.3, -0.25) is 14.4 Å². The van der Waals surface area contributed by atoms with Gasteiger partial charge >= 0.3 is 17.9 Å². The third-order valence-electron chi connectivity index (χ3n) is 8.96. The van der Waals surface area contributed by atoms with Gasteiger partial charge in [0.25, 0.3) is 0 Å². The standard InChI is InChI=1S/C49H80O6/c1-4-7-10-13-16-19-21-23-24-26-27-30-33-36-39-42-48(51)54-45-46(44-53-47(50)41-38-35-32-29-18-15-12-9-6-3)55-49(52)43-40-37-34-31-28-25-22-20-17-14-11-8-5-2/h8-9,11-12,14,17-22,25,28-29,46H,4-7,10,13,15-16,23-24,26-27,30-45H2,1-3H3/b11-8-,12-9-,17-14-,21-19-,22-20-,28-25-,29-18-. The first kappa shape index (κ1) is 51.6. The van der Waals surface area contributed by atoms with Crippen molar-refractivity contribution in [2.45, 2.75) is 194 Å². The zero-order chi connectivity index (χ0) is 40.1. The summed E-state index contributed by atoms with van der Waals surface area (Å²) in [5.74, 6) is -0.999. The SMILES string of the molecule is CC\C=C/C=C\C=C/C=C\CCCCCC(=O)OC(COC(=O)CCCC/C=C\C/C=C\CC)COC(=O)CCCCCCCCC/C=C\CCCCCC. The van der Waals surface area contributed by atoms with Gasteiger partial charge in [0.05, 0.1) is 0 Å². The molecule has 0 rings (SSSR count). The van der Waals surface area contributed by atoms with E-state index < -0.39 is 6.10 Å². The minimum Gasteiger partial charge on any atom is -0.462 e. The molecule has 0 radical (unpaired) electrons. The average Bonchev–Trinajstić information content (AvgIpc) is 3.18. The fourth-order valence-corrected chi connectivity index (χ4v) is 5.66. The lowest BCUT2D eigenvalue weighted by Gasteiger charge is -2.18. The summed E-state index contributed by atoms with van der Waals surface area (Å²) in [6.07, 6.45) is 54.3. The quantitative estimate of drug-likeness (QED) is 0.0205. The molecule has 1 atom stereocenters. The molecule has 0 aromatic carbocycles. The van der Waals surface area contributed by atoms with Crippen LogP contribution in [0.4, 0.5) is 0 Å². The van der Waals surface area contributed by atoms with Gasteiger partial charge in [-0.25, -0.2) is 0 Å². The molecule has 0 N–H and O–H groups in total. The molecule has 0 aliphatic carbocycles.